The number of alkyl halides is 2. The average molecular weight is 204 g/mol. The van der Waals surface area contributed by atoms with Crippen LogP contribution in [0.4, 0.5) is 8.78 Å². The van der Waals surface area contributed by atoms with Gasteiger partial charge in [-0.3, -0.25) is 4.79 Å². The second-order valence-electron chi connectivity index (χ2n) is 4.34. The summed E-state index contributed by atoms with van der Waals surface area (Å²) in [5.41, 5.74) is 0. The highest BCUT2D eigenvalue weighted by Gasteiger charge is 2.57. The zero-order chi connectivity index (χ0) is 10.3. The molecule has 0 saturated heterocycles. The van der Waals surface area contributed by atoms with Crippen molar-refractivity contribution < 1.29 is 18.3 Å². The normalized spacial score (nSPS) is 39.5. The summed E-state index contributed by atoms with van der Waals surface area (Å²) < 4.78 is 31.5. The zero-order valence-electron chi connectivity index (χ0n) is 8.13. The number of rotatable bonds is 1. The first kappa shape index (κ1) is 9.87. The van der Waals surface area contributed by atoms with Crippen molar-refractivity contribution in [3.8, 4) is 0 Å². The summed E-state index contributed by atoms with van der Waals surface area (Å²) in [6.07, 6.45) is 1.72. The number of halogens is 2. The predicted molar refractivity (Wildman–Crippen MR) is 45.9 cm³/mol. The number of carbonyl (C=O) groups is 1. The number of methoxy groups -OCH3 is 1. The lowest BCUT2D eigenvalue weighted by Crippen LogP contribution is -2.39. The summed E-state index contributed by atoms with van der Waals surface area (Å²) in [5, 5.41) is 0. The molecule has 2 saturated carbocycles. The average Bonchev–Trinajstić information content (AvgIpc) is 2.41. The Labute approximate surface area is 81.6 Å². The molecule has 14 heavy (non-hydrogen) atoms. The number of hydrogen-bond donors (Lipinski definition) is 0. The summed E-state index contributed by atoms with van der Waals surface area (Å²) in [6, 6.07) is 0. The molecule has 2 rings (SSSR count). The fourth-order valence-corrected chi connectivity index (χ4v) is 2.81. The van der Waals surface area contributed by atoms with Crippen molar-refractivity contribution in [2.75, 3.05) is 7.11 Å². The molecule has 4 heteroatoms. The molecule has 0 aliphatic heterocycles. The fourth-order valence-electron chi connectivity index (χ4n) is 2.81. The maximum Gasteiger partial charge on any atom is 0.308 e. The van der Waals surface area contributed by atoms with Crippen LogP contribution in [0.1, 0.15) is 25.7 Å². The van der Waals surface area contributed by atoms with Crippen LogP contribution >= 0.6 is 0 Å². The van der Waals surface area contributed by atoms with Gasteiger partial charge in [0.25, 0.3) is 5.92 Å². The Hall–Kier alpha value is -0.670. The van der Waals surface area contributed by atoms with Crippen LogP contribution in [-0.4, -0.2) is 19.0 Å². The lowest BCUT2D eigenvalue weighted by molar-refractivity contribution is -0.156. The number of hydrogen-bond acceptors (Lipinski definition) is 2. The third-order valence-electron chi connectivity index (χ3n) is 3.62. The summed E-state index contributed by atoms with van der Waals surface area (Å²) in [6.45, 7) is 0. The first-order valence-corrected chi connectivity index (χ1v) is 5.01. The number of ether oxygens (including phenoxy) is 1. The first-order valence-electron chi connectivity index (χ1n) is 5.01. The Balaban J connectivity index is 2.10. The van der Waals surface area contributed by atoms with Gasteiger partial charge < -0.3 is 4.74 Å². The van der Waals surface area contributed by atoms with Crippen LogP contribution in [0.15, 0.2) is 0 Å². The lowest BCUT2D eigenvalue weighted by Gasteiger charge is -2.33. The van der Waals surface area contributed by atoms with E-state index in [4.69, 9.17) is 0 Å². The van der Waals surface area contributed by atoms with E-state index in [2.05, 4.69) is 4.74 Å². The van der Waals surface area contributed by atoms with Gasteiger partial charge in [-0.05, 0) is 25.7 Å². The number of carbonyl (C=O) groups excluding carboxylic acids is 1. The highest BCUT2D eigenvalue weighted by atomic mass is 19.3. The molecule has 0 N–H and O–H groups in total. The van der Waals surface area contributed by atoms with Gasteiger partial charge in [0.1, 0.15) is 0 Å². The Morgan fingerprint density at radius 2 is 1.79 bits per heavy atom. The molecule has 2 nitrogen and oxygen atoms in total. The topological polar surface area (TPSA) is 26.3 Å². The van der Waals surface area contributed by atoms with Crippen molar-refractivity contribution in [2.24, 2.45) is 17.8 Å². The van der Waals surface area contributed by atoms with E-state index in [1.165, 1.54) is 7.11 Å². The van der Waals surface area contributed by atoms with Crippen molar-refractivity contribution >= 4 is 5.97 Å². The molecule has 3 atom stereocenters. The molecule has 0 aromatic carbocycles. The number of esters is 1. The van der Waals surface area contributed by atoms with Gasteiger partial charge in [0, 0.05) is 11.8 Å². The van der Waals surface area contributed by atoms with Gasteiger partial charge >= 0.3 is 5.97 Å². The standard InChI is InChI=1S/C10H14F2O2/c1-14-9(13)6-4-7-2-3-8(5-6)10(7,11)12/h6-8H,2-5H2,1H3/t6-,7+,8-. The van der Waals surface area contributed by atoms with Crippen molar-refractivity contribution in [1.82, 2.24) is 0 Å². The van der Waals surface area contributed by atoms with Gasteiger partial charge in [0.2, 0.25) is 0 Å². The summed E-state index contributed by atoms with van der Waals surface area (Å²) in [5.74, 6) is -4.34. The second kappa shape index (κ2) is 3.17. The molecule has 2 bridgehead atoms. The minimum Gasteiger partial charge on any atom is -0.469 e. The van der Waals surface area contributed by atoms with Crippen LogP contribution in [-0.2, 0) is 9.53 Å². The van der Waals surface area contributed by atoms with Crippen LogP contribution in [0.5, 0.6) is 0 Å². The van der Waals surface area contributed by atoms with Gasteiger partial charge in [0.15, 0.2) is 0 Å². The molecule has 0 aromatic rings. The van der Waals surface area contributed by atoms with E-state index in [9.17, 15) is 13.6 Å². The Bertz CT molecular complexity index is 237. The van der Waals surface area contributed by atoms with Crippen molar-refractivity contribution in [3.63, 3.8) is 0 Å². The van der Waals surface area contributed by atoms with Gasteiger partial charge in [-0.15, -0.1) is 0 Å². The van der Waals surface area contributed by atoms with E-state index in [0.717, 1.165) is 0 Å². The minimum atomic E-state index is -2.54. The maximum atomic E-state index is 13.4. The van der Waals surface area contributed by atoms with E-state index < -0.39 is 17.8 Å². The highest BCUT2D eigenvalue weighted by molar-refractivity contribution is 5.72. The maximum absolute atomic E-state index is 13.4. The molecule has 0 amide bonds. The molecular formula is C10H14F2O2. The number of fused-ring (bicyclic) bond motifs is 2. The summed E-state index contributed by atoms with van der Waals surface area (Å²) in [7, 11) is 1.32. The molecule has 0 aromatic heterocycles. The van der Waals surface area contributed by atoms with Crippen LogP contribution in [0.25, 0.3) is 0 Å². The molecule has 80 valence electrons. The van der Waals surface area contributed by atoms with Crippen LogP contribution < -0.4 is 0 Å². The van der Waals surface area contributed by atoms with Gasteiger partial charge in [-0.1, -0.05) is 0 Å². The Morgan fingerprint density at radius 1 is 1.29 bits per heavy atom. The first-order chi connectivity index (χ1) is 6.55. The van der Waals surface area contributed by atoms with E-state index in [1.807, 2.05) is 0 Å². The van der Waals surface area contributed by atoms with Gasteiger partial charge in [-0.25, -0.2) is 8.78 Å². The lowest BCUT2D eigenvalue weighted by atomic mass is 9.78. The van der Waals surface area contributed by atoms with Crippen LogP contribution in [0, 0.1) is 17.8 Å². The Morgan fingerprint density at radius 3 is 2.21 bits per heavy atom. The Kier molecular flexibility index (Phi) is 2.24. The smallest absolute Gasteiger partial charge is 0.308 e. The van der Waals surface area contributed by atoms with E-state index in [-0.39, 0.29) is 11.9 Å². The SMILES string of the molecule is COC(=O)[C@H]1C[C@H]2CC[C@@H](C1)C2(F)F. The predicted octanol–water partition coefficient (Wildman–Crippen LogP) is 2.23. The molecule has 0 heterocycles. The third kappa shape index (κ3) is 1.31. The zero-order valence-corrected chi connectivity index (χ0v) is 8.13. The molecular weight excluding hydrogens is 190 g/mol. The monoisotopic (exact) mass is 204 g/mol. The van der Waals surface area contributed by atoms with Crippen LogP contribution in [0.2, 0.25) is 0 Å². The third-order valence-corrected chi connectivity index (χ3v) is 3.62. The molecule has 0 radical (unpaired) electrons. The molecule has 2 aliphatic carbocycles. The molecule has 0 spiro atoms. The van der Waals surface area contributed by atoms with Crippen molar-refractivity contribution in [1.29, 1.82) is 0 Å². The quantitative estimate of drug-likeness (QED) is 0.612. The largest absolute Gasteiger partial charge is 0.469 e. The highest BCUT2D eigenvalue weighted by Crippen LogP contribution is 2.54. The molecule has 0 unspecified atom stereocenters. The molecule has 2 fully saturated rings. The van der Waals surface area contributed by atoms with Gasteiger partial charge in [0.05, 0.1) is 13.0 Å². The second-order valence-corrected chi connectivity index (χ2v) is 4.34. The fraction of sp³-hybridized carbons (Fsp3) is 0.900. The minimum absolute atomic E-state index is 0.294. The van der Waals surface area contributed by atoms with Crippen molar-refractivity contribution in [3.05, 3.63) is 0 Å². The van der Waals surface area contributed by atoms with E-state index in [1.54, 1.807) is 0 Å². The van der Waals surface area contributed by atoms with Crippen molar-refractivity contribution in [2.45, 2.75) is 31.6 Å². The molecule has 2 aliphatic rings. The van der Waals surface area contributed by atoms with E-state index in [0.29, 0.717) is 25.7 Å². The van der Waals surface area contributed by atoms with Gasteiger partial charge in [-0.2, -0.15) is 0 Å². The summed E-state index contributed by atoms with van der Waals surface area (Å²) >= 11 is 0. The summed E-state index contributed by atoms with van der Waals surface area (Å²) in [4.78, 5) is 11.2. The van der Waals surface area contributed by atoms with Crippen LogP contribution in [0.3, 0.4) is 0 Å². The van der Waals surface area contributed by atoms with E-state index >= 15 is 0 Å².